The van der Waals surface area contributed by atoms with E-state index in [9.17, 15) is 4.39 Å². The average molecular weight is 285 g/mol. The van der Waals surface area contributed by atoms with Crippen LogP contribution in [0.4, 0.5) is 4.39 Å². The van der Waals surface area contributed by atoms with Crippen molar-refractivity contribution in [2.45, 2.75) is 39.2 Å². The quantitative estimate of drug-likeness (QED) is 0.826. The van der Waals surface area contributed by atoms with E-state index in [0.29, 0.717) is 12.0 Å². The highest BCUT2D eigenvalue weighted by atomic mass is 19.1. The first-order chi connectivity index (χ1) is 10.0. The van der Waals surface area contributed by atoms with E-state index in [1.54, 1.807) is 12.1 Å². The summed E-state index contributed by atoms with van der Waals surface area (Å²) in [5, 5.41) is 3.50. The molecule has 1 nitrogen and oxygen atoms in total. The van der Waals surface area contributed by atoms with E-state index in [-0.39, 0.29) is 5.82 Å². The summed E-state index contributed by atoms with van der Waals surface area (Å²) in [6.07, 6.45) is 0.848. The summed E-state index contributed by atoms with van der Waals surface area (Å²) in [5.74, 6) is 0.196. The van der Waals surface area contributed by atoms with Crippen LogP contribution in [0.15, 0.2) is 48.5 Å². The maximum atomic E-state index is 13.4. The van der Waals surface area contributed by atoms with E-state index in [4.69, 9.17) is 0 Å². The fourth-order valence-electron chi connectivity index (χ4n) is 2.56. The SMILES string of the molecule is Cc1cccc(C(CNC(C)C)Cc2cccc(F)c2)c1. The average Bonchev–Trinajstić information content (AvgIpc) is 2.43. The predicted molar refractivity (Wildman–Crippen MR) is 87.2 cm³/mol. The highest BCUT2D eigenvalue weighted by molar-refractivity contribution is 5.28. The van der Waals surface area contributed by atoms with Crippen molar-refractivity contribution in [2.75, 3.05) is 6.54 Å². The minimum atomic E-state index is -0.160. The molecule has 0 fully saturated rings. The molecule has 0 aliphatic heterocycles. The van der Waals surface area contributed by atoms with Crippen molar-refractivity contribution in [1.29, 1.82) is 0 Å². The van der Waals surface area contributed by atoms with E-state index in [1.165, 1.54) is 17.2 Å². The molecule has 0 spiro atoms. The van der Waals surface area contributed by atoms with Crippen molar-refractivity contribution in [1.82, 2.24) is 5.32 Å². The summed E-state index contributed by atoms with van der Waals surface area (Å²) in [6, 6.07) is 16.0. The van der Waals surface area contributed by atoms with Gasteiger partial charge in [0, 0.05) is 18.5 Å². The van der Waals surface area contributed by atoms with Crippen LogP contribution in [0.5, 0.6) is 0 Å². The molecule has 0 aliphatic carbocycles. The van der Waals surface area contributed by atoms with Gasteiger partial charge in [0.05, 0.1) is 0 Å². The number of aryl methyl sites for hydroxylation is 1. The molecule has 2 rings (SSSR count). The first kappa shape index (κ1) is 15.7. The van der Waals surface area contributed by atoms with Crippen LogP contribution < -0.4 is 5.32 Å². The molecule has 0 amide bonds. The van der Waals surface area contributed by atoms with Crippen molar-refractivity contribution < 1.29 is 4.39 Å². The highest BCUT2D eigenvalue weighted by Gasteiger charge is 2.13. The molecule has 2 aromatic rings. The van der Waals surface area contributed by atoms with Gasteiger partial charge in [0.25, 0.3) is 0 Å². The zero-order chi connectivity index (χ0) is 15.2. The fraction of sp³-hybridized carbons (Fsp3) is 0.368. The predicted octanol–water partition coefficient (Wildman–Crippen LogP) is 4.46. The maximum absolute atomic E-state index is 13.4. The Labute approximate surface area is 127 Å². The second kappa shape index (κ2) is 7.37. The molecule has 0 aromatic heterocycles. The molecule has 0 bridgehead atoms. The van der Waals surface area contributed by atoms with Gasteiger partial charge >= 0.3 is 0 Å². The first-order valence-corrected chi connectivity index (χ1v) is 7.59. The van der Waals surface area contributed by atoms with Crippen molar-refractivity contribution in [3.05, 3.63) is 71.0 Å². The fourth-order valence-corrected chi connectivity index (χ4v) is 2.56. The molecule has 1 N–H and O–H groups in total. The Morgan fingerprint density at radius 2 is 1.81 bits per heavy atom. The molecule has 0 heterocycles. The number of nitrogens with one attached hydrogen (secondary N) is 1. The lowest BCUT2D eigenvalue weighted by atomic mass is 9.91. The van der Waals surface area contributed by atoms with Crippen molar-refractivity contribution in [2.24, 2.45) is 0 Å². The normalized spacial score (nSPS) is 12.6. The van der Waals surface area contributed by atoms with Gasteiger partial charge in [-0.05, 0) is 36.6 Å². The third kappa shape index (κ3) is 4.98. The number of halogens is 1. The van der Waals surface area contributed by atoms with Crippen LogP contribution in [0.3, 0.4) is 0 Å². The minimum Gasteiger partial charge on any atom is -0.314 e. The Kier molecular flexibility index (Phi) is 5.51. The first-order valence-electron chi connectivity index (χ1n) is 7.59. The second-order valence-corrected chi connectivity index (χ2v) is 6.01. The Morgan fingerprint density at radius 1 is 1.05 bits per heavy atom. The third-order valence-corrected chi connectivity index (χ3v) is 3.66. The lowest BCUT2D eigenvalue weighted by molar-refractivity contribution is 0.525. The molecule has 2 aromatic carbocycles. The largest absolute Gasteiger partial charge is 0.314 e. The zero-order valence-electron chi connectivity index (χ0n) is 13.1. The lowest BCUT2D eigenvalue weighted by Crippen LogP contribution is -2.29. The van der Waals surface area contributed by atoms with Crippen molar-refractivity contribution in [3.63, 3.8) is 0 Å². The van der Waals surface area contributed by atoms with Crippen LogP contribution in [-0.4, -0.2) is 12.6 Å². The molecule has 0 radical (unpaired) electrons. The van der Waals surface area contributed by atoms with Crippen LogP contribution in [0, 0.1) is 12.7 Å². The Bertz CT molecular complexity index is 577. The van der Waals surface area contributed by atoms with Gasteiger partial charge < -0.3 is 5.32 Å². The zero-order valence-corrected chi connectivity index (χ0v) is 13.1. The molecule has 0 saturated heterocycles. The van der Waals surface area contributed by atoms with Gasteiger partial charge in [-0.2, -0.15) is 0 Å². The topological polar surface area (TPSA) is 12.0 Å². The van der Waals surface area contributed by atoms with Gasteiger partial charge in [-0.15, -0.1) is 0 Å². The number of rotatable bonds is 6. The van der Waals surface area contributed by atoms with Crippen molar-refractivity contribution in [3.8, 4) is 0 Å². The summed E-state index contributed by atoms with van der Waals surface area (Å²) >= 11 is 0. The number of hydrogen-bond donors (Lipinski definition) is 1. The molecule has 1 atom stereocenters. The van der Waals surface area contributed by atoms with Gasteiger partial charge in [0.2, 0.25) is 0 Å². The second-order valence-electron chi connectivity index (χ2n) is 6.01. The minimum absolute atomic E-state index is 0.160. The van der Waals surface area contributed by atoms with E-state index >= 15 is 0 Å². The molecular weight excluding hydrogens is 261 g/mol. The van der Waals surface area contributed by atoms with Gasteiger partial charge in [-0.3, -0.25) is 0 Å². The Hall–Kier alpha value is -1.67. The van der Waals surface area contributed by atoms with Gasteiger partial charge in [-0.1, -0.05) is 55.8 Å². The molecule has 112 valence electrons. The van der Waals surface area contributed by atoms with E-state index in [1.807, 2.05) is 6.07 Å². The maximum Gasteiger partial charge on any atom is 0.123 e. The summed E-state index contributed by atoms with van der Waals surface area (Å²) < 4.78 is 13.4. The standard InChI is InChI=1S/C19H24FN/c1-14(2)21-13-18(17-8-4-6-15(3)10-17)11-16-7-5-9-19(20)12-16/h4-10,12,14,18,21H,11,13H2,1-3H3. The Balaban J connectivity index is 2.19. The van der Waals surface area contributed by atoms with E-state index in [2.05, 4.69) is 50.4 Å². The molecule has 0 saturated carbocycles. The molecule has 0 aliphatic rings. The van der Waals surface area contributed by atoms with Gasteiger partial charge in [-0.25, -0.2) is 4.39 Å². The molecular formula is C19H24FN. The summed E-state index contributed by atoms with van der Waals surface area (Å²) in [4.78, 5) is 0. The molecule has 1 unspecified atom stereocenters. The van der Waals surface area contributed by atoms with Gasteiger partial charge in [0.15, 0.2) is 0 Å². The number of hydrogen-bond acceptors (Lipinski definition) is 1. The van der Waals surface area contributed by atoms with Gasteiger partial charge in [0.1, 0.15) is 5.82 Å². The summed E-state index contributed by atoms with van der Waals surface area (Å²) in [5.41, 5.74) is 3.63. The molecule has 2 heteroatoms. The van der Waals surface area contributed by atoms with Crippen molar-refractivity contribution >= 4 is 0 Å². The smallest absolute Gasteiger partial charge is 0.123 e. The van der Waals surface area contributed by atoms with Crippen LogP contribution in [0.25, 0.3) is 0 Å². The summed E-state index contributed by atoms with van der Waals surface area (Å²) in [7, 11) is 0. The lowest BCUT2D eigenvalue weighted by Gasteiger charge is -2.20. The third-order valence-electron chi connectivity index (χ3n) is 3.66. The highest BCUT2D eigenvalue weighted by Crippen LogP contribution is 2.22. The van der Waals surface area contributed by atoms with E-state index in [0.717, 1.165) is 18.5 Å². The monoisotopic (exact) mass is 285 g/mol. The van der Waals surface area contributed by atoms with E-state index < -0.39 is 0 Å². The summed E-state index contributed by atoms with van der Waals surface area (Å²) in [6.45, 7) is 7.31. The molecule has 21 heavy (non-hydrogen) atoms. The van der Waals surface area contributed by atoms with Crippen LogP contribution in [0.1, 0.15) is 36.5 Å². The Morgan fingerprint density at radius 3 is 2.48 bits per heavy atom. The van der Waals surface area contributed by atoms with Crippen LogP contribution in [-0.2, 0) is 6.42 Å². The van der Waals surface area contributed by atoms with Crippen LogP contribution >= 0.6 is 0 Å². The number of benzene rings is 2. The van der Waals surface area contributed by atoms with Crippen LogP contribution in [0.2, 0.25) is 0 Å².